The maximum Gasteiger partial charge on any atom is 0.293 e. The quantitative estimate of drug-likeness (QED) is 0.351. The fourth-order valence-corrected chi connectivity index (χ4v) is 6.57. The van der Waals surface area contributed by atoms with Crippen molar-refractivity contribution in [2.75, 3.05) is 4.90 Å². The lowest BCUT2D eigenvalue weighted by Gasteiger charge is -2.54. The minimum atomic E-state index is -0.641. The highest BCUT2D eigenvalue weighted by atomic mass is 16.6. The van der Waals surface area contributed by atoms with Gasteiger partial charge < -0.3 is 0 Å². The zero-order valence-electron chi connectivity index (χ0n) is 17.4. The molecular formula is C26H20N2O4. The Morgan fingerprint density at radius 3 is 2.03 bits per heavy atom. The van der Waals surface area contributed by atoms with Gasteiger partial charge in [0.2, 0.25) is 11.8 Å². The van der Waals surface area contributed by atoms with Crippen LogP contribution in [0.15, 0.2) is 72.8 Å². The molecule has 1 saturated heterocycles. The SMILES string of the molecule is CCC12c3ccccc3C(c3ccccc31)C1C(=O)N(c3ccccc3[N+](=O)[O-])C(=O)C12. The van der Waals surface area contributed by atoms with Crippen molar-refractivity contribution in [3.05, 3.63) is 105 Å². The Labute approximate surface area is 184 Å². The minimum absolute atomic E-state index is 0.0562. The van der Waals surface area contributed by atoms with Crippen molar-refractivity contribution in [1.82, 2.24) is 0 Å². The van der Waals surface area contributed by atoms with Gasteiger partial charge in [-0.2, -0.15) is 0 Å². The van der Waals surface area contributed by atoms with Crippen LogP contribution in [0.5, 0.6) is 0 Å². The molecule has 0 aromatic heterocycles. The van der Waals surface area contributed by atoms with E-state index in [4.69, 9.17) is 0 Å². The van der Waals surface area contributed by atoms with Crippen LogP contribution in [-0.2, 0) is 15.0 Å². The van der Waals surface area contributed by atoms with Gasteiger partial charge in [0.05, 0.1) is 16.8 Å². The van der Waals surface area contributed by atoms with Gasteiger partial charge in [-0.1, -0.05) is 67.6 Å². The number of imide groups is 1. The van der Waals surface area contributed by atoms with E-state index in [-0.39, 0.29) is 29.1 Å². The number of hydrogen-bond donors (Lipinski definition) is 0. The third-order valence-electron chi connectivity index (χ3n) is 7.67. The highest BCUT2D eigenvalue weighted by Gasteiger charge is 2.67. The summed E-state index contributed by atoms with van der Waals surface area (Å²) in [7, 11) is 0. The van der Waals surface area contributed by atoms with Crippen molar-refractivity contribution in [1.29, 1.82) is 0 Å². The Hall–Kier alpha value is -3.80. The number of carbonyl (C=O) groups is 2. The molecule has 2 atom stereocenters. The molecule has 2 unspecified atom stereocenters. The third kappa shape index (κ3) is 2.04. The summed E-state index contributed by atoms with van der Waals surface area (Å²) in [5, 5.41) is 11.7. The maximum atomic E-state index is 14.0. The summed E-state index contributed by atoms with van der Waals surface area (Å²) >= 11 is 0. The van der Waals surface area contributed by atoms with Gasteiger partial charge in [0, 0.05) is 17.4 Å². The fraction of sp³-hybridized carbons (Fsp3) is 0.231. The number of nitro benzene ring substituents is 1. The molecule has 0 radical (unpaired) electrons. The Balaban J connectivity index is 1.64. The molecule has 1 aliphatic heterocycles. The first-order valence-electron chi connectivity index (χ1n) is 10.8. The molecule has 2 bridgehead atoms. The molecule has 3 aliphatic carbocycles. The average molecular weight is 424 g/mol. The van der Waals surface area contributed by atoms with Gasteiger partial charge in [-0.15, -0.1) is 0 Å². The van der Waals surface area contributed by atoms with Gasteiger partial charge >= 0.3 is 0 Å². The van der Waals surface area contributed by atoms with Crippen LogP contribution in [-0.4, -0.2) is 16.7 Å². The van der Waals surface area contributed by atoms with Gasteiger partial charge in [-0.3, -0.25) is 19.7 Å². The second kappa shape index (κ2) is 6.36. The van der Waals surface area contributed by atoms with E-state index in [1.54, 1.807) is 12.1 Å². The van der Waals surface area contributed by atoms with E-state index in [1.165, 1.54) is 12.1 Å². The lowest BCUT2D eigenvalue weighted by Crippen LogP contribution is -2.53. The summed E-state index contributed by atoms with van der Waals surface area (Å²) in [6, 6.07) is 22.2. The van der Waals surface area contributed by atoms with Gasteiger partial charge in [0.15, 0.2) is 0 Å². The molecule has 32 heavy (non-hydrogen) atoms. The molecule has 2 amide bonds. The highest BCUT2D eigenvalue weighted by molar-refractivity contribution is 6.24. The Morgan fingerprint density at radius 1 is 0.875 bits per heavy atom. The monoisotopic (exact) mass is 424 g/mol. The van der Waals surface area contributed by atoms with Crippen LogP contribution >= 0.6 is 0 Å². The molecule has 0 saturated carbocycles. The molecule has 6 heteroatoms. The molecule has 7 rings (SSSR count). The lowest BCUT2D eigenvalue weighted by molar-refractivity contribution is -0.384. The molecule has 1 fully saturated rings. The van der Waals surface area contributed by atoms with Crippen LogP contribution in [0.25, 0.3) is 0 Å². The minimum Gasteiger partial charge on any atom is -0.274 e. The summed E-state index contributed by atoms with van der Waals surface area (Å²) in [4.78, 5) is 40.1. The fourth-order valence-electron chi connectivity index (χ4n) is 6.57. The van der Waals surface area contributed by atoms with E-state index >= 15 is 0 Å². The Kier molecular flexibility index (Phi) is 3.76. The third-order valence-corrected chi connectivity index (χ3v) is 7.67. The van der Waals surface area contributed by atoms with Gasteiger partial charge in [0.1, 0.15) is 5.69 Å². The normalized spacial score (nSPS) is 27.2. The first-order chi connectivity index (χ1) is 15.5. The standard InChI is InChI=1S/C26H20N2O4/c1-2-26-17-11-5-3-9-15(17)21(16-10-4-6-12-18(16)26)22-23(26)25(30)27(24(22)29)19-13-7-8-14-20(19)28(31)32/h3-14,21-23H,2H2,1H3. The molecule has 0 N–H and O–H groups in total. The lowest BCUT2D eigenvalue weighted by atomic mass is 9.46. The zero-order chi connectivity index (χ0) is 22.2. The Morgan fingerprint density at radius 2 is 1.44 bits per heavy atom. The molecule has 4 aliphatic rings. The summed E-state index contributed by atoms with van der Waals surface area (Å²) in [5.41, 5.74) is 3.54. The van der Waals surface area contributed by atoms with Crippen LogP contribution in [0.2, 0.25) is 0 Å². The molecule has 0 spiro atoms. The summed E-state index contributed by atoms with van der Waals surface area (Å²) in [5.74, 6) is -2.10. The van der Waals surface area contributed by atoms with E-state index in [0.29, 0.717) is 6.42 Å². The molecular weight excluding hydrogens is 404 g/mol. The van der Waals surface area contributed by atoms with Crippen molar-refractivity contribution in [2.45, 2.75) is 24.7 Å². The van der Waals surface area contributed by atoms with Crippen molar-refractivity contribution >= 4 is 23.2 Å². The number of nitrogens with zero attached hydrogens (tertiary/aromatic N) is 2. The molecule has 3 aromatic carbocycles. The molecule has 158 valence electrons. The predicted molar refractivity (Wildman–Crippen MR) is 118 cm³/mol. The highest BCUT2D eigenvalue weighted by Crippen LogP contribution is 2.65. The second-order valence-electron chi connectivity index (χ2n) is 8.74. The average Bonchev–Trinajstić information content (AvgIpc) is 3.09. The van der Waals surface area contributed by atoms with E-state index in [2.05, 4.69) is 31.2 Å². The van der Waals surface area contributed by atoms with Crippen LogP contribution in [0.3, 0.4) is 0 Å². The first-order valence-corrected chi connectivity index (χ1v) is 10.8. The van der Waals surface area contributed by atoms with Crippen LogP contribution in [0.4, 0.5) is 11.4 Å². The van der Waals surface area contributed by atoms with E-state index in [9.17, 15) is 19.7 Å². The van der Waals surface area contributed by atoms with Crippen LogP contribution in [0, 0.1) is 22.0 Å². The number of anilines is 1. The van der Waals surface area contributed by atoms with Gasteiger partial charge in [-0.05, 0) is 34.7 Å². The van der Waals surface area contributed by atoms with Crippen LogP contribution in [0.1, 0.15) is 41.5 Å². The number of para-hydroxylation sites is 2. The number of benzene rings is 3. The first kappa shape index (κ1) is 18.9. The number of nitro groups is 1. The van der Waals surface area contributed by atoms with E-state index in [1.807, 2.05) is 24.3 Å². The zero-order valence-corrected chi connectivity index (χ0v) is 17.4. The summed E-state index contributed by atoms with van der Waals surface area (Å²) < 4.78 is 0. The summed E-state index contributed by atoms with van der Waals surface area (Å²) in [6.45, 7) is 2.06. The van der Waals surface area contributed by atoms with Crippen LogP contribution < -0.4 is 4.90 Å². The van der Waals surface area contributed by atoms with Crippen molar-refractivity contribution < 1.29 is 14.5 Å². The smallest absolute Gasteiger partial charge is 0.274 e. The molecule has 3 aromatic rings. The number of rotatable bonds is 3. The predicted octanol–water partition coefficient (Wildman–Crippen LogP) is 4.56. The van der Waals surface area contributed by atoms with E-state index < -0.39 is 22.2 Å². The Bertz CT molecular complexity index is 1280. The maximum absolute atomic E-state index is 14.0. The molecule has 6 nitrogen and oxygen atoms in total. The van der Waals surface area contributed by atoms with E-state index in [0.717, 1.165) is 27.2 Å². The van der Waals surface area contributed by atoms with Crippen molar-refractivity contribution in [2.24, 2.45) is 11.8 Å². The largest absolute Gasteiger partial charge is 0.293 e. The second-order valence-corrected chi connectivity index (χ2v) is 8.74. The number of hydrogen-bond acceptors (Lipinski definition) is 4. The van der Waals surface area contributed by atoms with Crippen molar-refractivity contribution in [3.8, 4) is 0 Å². The van der Waals surface area contributed by atoms with Gasteiger partial charge in [0.25, 0.3) is 5.69 Å². The van der Waals surface area contributed by atoms with Crippen molar-refractivity contribution in [3.63, 3.8) is 0 Å². The molecule has 1 heterocycles. The summed E-state index contributed by atoms with van der Waals surface area (Å²) in [6.07, 6.45) is 0.651. The number of amides is 2. The topological polar surface area (TPSA) is 80.5 Å². The van der Waals surface area contributed by atoms with Gasteiger partial charge in [-0.25, -0.2) is 4.90 Å². The number of carbonyl (C=O) groups excluding carboxylic acids is 2.